The fourth-order valence-electron chi connectivity index (χ4n) is 12.4. The zero-order valence-corrected chi connectivity index (χ0v) is 47.8. The van der Waals surface area contributed by atoms with E-state index in [1.165, 1.54) is 33.4 Å². The fourth-order valence-corrected chi connectivity index (χ4v) is 12.4. The number of carbonyl (C=O) groups excluding carboxylic acids is 3. The van der Waals surface area contributed by atoms with E-state index in [9.17, 15) is 14.4 Å². The number of benzene rings is 3. The van der Waals surface area contributed by atoms with Crippen molar-refractivity contribution in [2.45, 2.75) is 174 Å². The maximum absolute atomic E-state index is 12.7. The van der Waals surface area contributed by atoms with E-state index in [0.717, 1.165) is 131 Å². The van der Waals surface area contributed by atoms with Crippen molar-refractivity contribution < 1.29 is 57.0 Å². The third-order valence-electron chi connectivity index (χ3n) is 15.6. The summed E-state index contributed by atoms with van der Waals surface area (Å²) < 4.78 is 50.1. The van der Waals surface area contributed by atoms with Crippen LogP contribution in [0.25, 0.3) is 0 Å². The summed E-state index contributed by atoms with van der Waals surface area (Å²) >= 11 is 0. The van der Waals surface area contributed by atoms with Crippen LogP contribution in [0.3, 0.4) is 0 Å². The van der Waals surface area contributed by atoms with Crippen LogP contribution in [0.1, 0.15) is 134 Å². The van der Waals surface area contributed by atoms with Crippen LogP contribution >= 0.6 is 0 Å². The highest BCUT2D eigenvalue weighted by molar-refractivity contribution is 5.70. The van der Waals surface area contributed by atoms with Crippen molar-refractivity contribution in [3.63, 3.8) is 0 Å². The van der Waals surface area contributed by atoms with Gasteiger partial charge in [0, 0.05) is 54.5 Å². The molecular formula is C60H87N3O12. The van der Waals surface area contributed by atoms with Crippen molar-refractivity contribution in [3.05, 3.63) is 69.8 Å². The third kappa shape index (κ3) is 13.3. The number of rotatable bonds is 6. The Kier molecular flexibility index (Phi) is 18.0. The number of amides is 3. The Hall–Kier alpha value is -5.73. The minimum atomic E-state index is -0.465. The molecule has 3 heterocycles. The predicted octanol–water partition coefficient (Wildman–Crippen LogP) is 11.5. The van der Waals surface area contributed by atoms with E-state index >= 15 is 0 Å². The second-order valence-electron chi connectivity index (χ2n) is 24.0. The van der Waals surface area contributed by atoms with Crippen molar-refractivity contribution in [2.75, 3.05) is 62.3 Å². The molecule has 3 aromatic carbocycles. The van der Waals surface area contributed by atoms with Gasteiger partial charge in [0.15, 0.2) is 34.5 Å². The first kappa shape index (κ1) is 57.0. The summed E-state index contributed by atoms with van der Waals surface area (Å²) in [4.78, 5) is 43.8. The Bertz CT molecular complexity index is 2220. The number of fused-ring (bicyclic) bond motifs is 6. The number of hydrogen-bond donors (Lipinski definition) is 0. The second-order valence-corrected chi connectivity index (χ2v) is 24.0. The average molecular weight is 1040 g/mol. The highest BCUT2D eigenvalue weighted by atomic mass is 16.6. The van der Waals surface area contributed by atoms with E-state index in [4.69, 9.17) is 42.6 Å². The number of ether oxygens (including phenoxy) is 9. The molecule has 15 heteroatoms. The van der Waals surface area contributed by atoms with Crippen molar-refractivity contribution in [1.82, 2.24) is 14.7 Å². The number of carbonyl (C=O) groups is 3. The van der Waals surface area contributed by atoms with Gasteiger partial charge in [0.1, 0.15) is 16.8 Å². The number of piperidine rings is 3. The van der Waals surface area contributed by atoms with Crippen LogP contribution in [0.2, 0.25) is 0 Å². The van der Waals surface area contributed by atoms with Gasteiger partial charge in [-0.1, -0.05) is 18.2 Å². The van der Waals surface area contributed by atoms with Gasteiger partial charge in [-0.05, 0) is 192 Å². The molecule has 1 unspecified atom stereocenters. The molecule has 0 radical (unpaired) electrons. The third-order valence-corrected chi connectivity index (χ3v) is 15.6. The fraction of sp³-hybridized carbons (Fsp3) is 0.650. The zero-order valence-electron chi connectivity index (χ0n) is 47.8. The summed E-state index contributed by atoms with van der Waals surface area (Å²) in [5.74, 6) is 6.17. The minimum absolute atomic E-state index is 0.189. The molecule has 0 aromatic heterocycles. The van der Waals surface area contributed by atoms with E-state index in [1.807, 2.05) is 95.2 Å². The molecule has 3 fully saturated rings. The first-order valence-electron chi connectivity index (χ1n) is 27.2. The normalized spacial score (nSPS) is 22.7. The van der Waals surface area contributed by atoms with Crippen molar-refractivity contribution in [2.24, 2.45) is 17.8 Å². The molecule has 9 rings (SSSR count). The molecule has 3 aliphatic heterocycles. The van der Waals surface area contributed by atoms with Crippen molar-refractivity contribution >= 4 is 18.3 Å². The number of hydrogen-bond acceptors (Lipinski definition) is 12. The highest BCUT2D eigenvalue weighted by Gasteiger charge is 2.44. The quantitative estimate of drug-likeness (QED) is 0.217. The zero-order chi connectivity index (χ0) is 54.6. The number of likely N-dealkylation sites (tertiary alicyclic amines) is 3. The average Bonchev–Trinajstić information content (AvgIpc) is 3.36. The van der Waals surface area contributed by atoms with E-state index < -0.39 is 16.8 Å². The SMILES string of the molecule is COc1ccc2c(c1OC)C[C@@H]1CCCN(C(=O)OC(C)(C)C)[C@H]1C2.COc1ccc2c(c1OC)C[C@H]1CCCN(C(=O)OC(C)(C)C)C1C2.COc1ccc2c(c1OC)C[C@H]1CCCN(C(=O)OC(C)(C)C)[C@@H]1C2. The van der Waals surface area contributed by atoms with Gasteiger partial charge >= 0.3 is 18.3 Å². The second kappa shape index (κ2) is 23.7. The van der Waals surface area contributed by atoms with Crippen LogP contribution in [0.4, 0.5) is 14.4 Å². The lowest BCUT2D eigenvalue weighted by atomic mass is 9.75. The molecule has 0 N–H and O–H groups in total. The lowest BCUT2D eigenvalue weighted by Crippen LogP contribution is -2.53. The molecule has 0 spiro atoms. The van der Waals surface area contributed by atoms with Crippen LogP contribution in [0.5, 0.6) is 34.5 Å². The molecule has 15 nitrogen and oxygen atoms in total. The molecule has 3 saturated heterocycles. The van der Waals surface area contributed by atoms with Crippen LogP contribution in [0, 0.1) is 17.8 Å². The van der Waals surface area contributed by atoms with Crippen LogP contribution < -0.4 is 28.4 Å². The summed E-state index contributed by atoms with van der Waals surface area (Å²) in [5.41, 5.74) is 6.03. The highest BCUT2D eigenvalue weighted by Crippen LogP contribution is 2.46. The van der Waals surface area contributed by atoms with Crippen LogP contribution in [0.15, 0.2) is 36.4 Å². The summed E-state index contributed by atoms with van der Waals surface area (Å²) in [6.07, 6.45) is 11.2. The monoisotopic (exact) mass is 1040 g/mol. The van der Waals surface area contributed by atoms with Gasteiger partial charge in [0.2, 0.25) is 0 Å². The summed E-state index contributed by atoms with van der Waals surface area (Å²) in [7, 11) is 10.1. The van der Waals surface area contributed by atoms with Gasteiger partial charge in [0.05, 0.1) is 42.7 Å². The Labute approximate surface area is 447 Å². The molecule has 3 aromatic rings. The van der Waals surface area contributed by atoms with Crippen molar-refractivity contribution in [1.29, 1.82) is 0 Å². The Morgan fingerprint density at radius 3 is 0.853 bits per heavy atom. The predicted molar refractivity (Wildman–Crippen MR) is 289 cm³/mol. The van der Waals surface area contributed by atoms with Crippen molar-refractivity contribution in [3.8, 4) is 34.5 Å². The molecule has 6 atom stereocenters. The van der Waals surface area contributed by atoms with Crippen LogP contribution in [-0.2, 0) is 52.7 Å². The summed E-state index contributed by atoms with van der Waals surface area (Å²) in [6, 6.07) is 12.8. The number of nitrogens with zero attached hydrogens (tertiary/aromatic N) is 3. The maximum Gasteiger partial charge on any atom is 0.410 e. The number of methoxy groups -OCH3 is 6. The van der Waals surface area contributed by atoms with E-state index in [1.54, 1.807) is 42.7 Å². The topological polar surface area (TPSA) is 144 Å². The lowest BCUT2D eigenvalue weighted by molar-refractivity contribution is -0.00234. The largest absolute Gasteiger partial charge is 0.493 e. The lowest BCUT2D eigenvalue weighted by Gasteiger charge is -2.44. The van der Waals surface area contributed by atoms with E-state index in [2.05, 4.69) is 18.2 Å². The molecule has 414 valence electrons. The van der Waals surface area contributed by atoms with E-state index in [-0.39, 0.29) is 36.4 Å². The van der Waals surface area contributed by atoms with Gasteiger partial charge in [-0.25, -0.2) is 14.4 Å². The van der Waals surface area contributed by atoms with Gasteiger partial charge in [-0.3, -0.25) is 0 Å². The first-order chi connectivity index (χ1) is 35.5. The van der Waals surface area contributed by atoms with E-state index in [0.29, 0.717) is 17.8 Å². The Morgan fingerprint density at radius 2 is 0.640 bits per heavy atom. The van der Waals surface area contributed by atoms with Gasteiger partial charge in [-0.2, -0.15) is 0 Å². The Balaban J connectivity index is 0.000000164. The summed E-state index contributed by atoms with van der Waals surface area (Å²) in [5, 5.41) is 0. The van der Waals surface area contributed by atoms with Gasteiger partial charge in [-0.15, -0.1) is 0 Å². The van der Waals surface area contributed by atoms with Crippen LogP contribution in [-0.4, -0.2) is 130 Å². The van der Waals surface area contributed by atoms with Gasteiger partial charge < -0.3 is 57.3 Å². The smallest absolute Gasteiger partial charge is 0.410 e. The minimum Gasteiger partial charge on any atom is -0.493 e. The Morgan fingerprint density at radius 1 is 0.387 bits per heavy atom. The van der Waals surface area contributed by atoms with Gasteiger partial charge in [0.25, 0.3) is 0 Å². The molecule has 75 heavy (non-hydrogen) atoms. The standard InChI is InChI=1S/3C20H29NO4/c3*1-20(2,3)25-19(22)21-10-6-7-14-11-15-13(12-16(14)21)8-9-17(23-4)18(15)24-5/h3*8-9,14,16H,6-7,10-12H2,1-5H3/t14-,16?;2*14-,16-/m110/s1. The molecule has 3 aliphatic carbocycles. The summed E-state index contributed by atoms with van der Waals surface area (Å²) in [6.45, 7) is 19.6. The first-order valence-corrected chi connectivity index (χ1v) is 27.2. The molecule has 6 aliphatic rings. The maximum atomic E-state index is 12.7. The molecule has 3 amide bonds. The molecule has 0 saturated carbocycles. The molecular weight excluding hydrogens is 955 g/mol. The molecule has 0 bridgehead atoms.